The molecule has 1 aliphatic carbocycles. The normalized spacial score (nSPS) is 25.1. The smallest absolute Gasteiger partial charge is 0.277 e. The molecule has 1 unspecified atom stereocenters. The summed E-state index contributed by atoms with van der Waals surface area (Å²) in [5.74, 6) is -0.381. The average Bonchev–Trinajstić information content (AvgIpc) is 2.49. The van der Waals surface area contributed by atoms with Crippen LogP contribution < -0.4 is 0 Å². The van der Waals surface area contributed by atoms with Gasteiger partial charge in [0.2, 0.25) is 0 Å². The van der Waals surface area contributed by atoms with E-state index in [-0.39, 0.29) is 17.6 Å². The van der Waals surface area contributed by atoms with E-state index in [9.17, 15) is 9.59 Å². The molecule has 0 aliphatic heterocycles. The Kier molecular flexibility index (Phi) is 5.72. The van der Waals surface area contributed by atoms with Crippen LogP contribution in [0.25, 0.3) is 0 Å². The largest absolute Gasteiger partial charge is 0.292 e. The van der Waals surface area contributed by atoms with E-state index in [0.717, 1.165) is 5.56 Å². The topological polar surface area (TPSA) is 46.5 Å². The number of hydrogen-bond donors (Lipinski definition) is 0. The summed E-state index contributed by atoms with van der Waals surface area (Å²) >= 11 is 10.5. The first-order chi connectivity index (χ1) is 11.0. The Morgan fingerprint density at radius 3 is 2.17 bits per heavy atom. The molecule has 0 aromatic heterocycles. The van der Waals surface area contributed by atoms with Crippen molar-refractivity contribution in [3.05, 3.63) is 47.0 Å². The van der Waals surface area contributed by atoms with Crippen LogP contribution in [-0.2, 0) is 4.79 Å². The van der Waals surface area contributed by atoms with Crippen LogP contribution in [0.1, 0.15) is 36.7 Å². The van der Waals surface area contributed by atoms with Gasteiger partial charge in [-0.1, -0.05) is 79.3 Å². The number of aryl methyl sites for hydroxylation is 1. The minimum atomic E-state index is -1.06. The van der Waals surface area contributed by atoms with Gasteiger partial charge in [0.25, 0.3) is 5.91 Å². The Labute approximate surface area is 167 Å². The van der Waals surface area contributed by atoms with Gasteiger partial charge in [-0.2, -0.15) is 0 Å². The molecule has 1 amide bonds. The number of nitrogens with zero attached hydrogens (tertiary/aromatic N) is 1. The summed E-state index contributed by atoms with van der Waals surface area (Å²) in [4.78, 5) is 29.5. The number of allylic oxidation sites excluding steroid dienone is 2. The van der Waals surface area contributed by atoms with E-state index in [2.05, 4.69) is 52.8 Å². The molecule has 2 rings (SSSR count). The highest BCUT2D eigenvalue weighted by molar-refractivity contribution is 9.26. The number of alkyl halides is 3. The fraction of sp³-hybridized carbons (Fsp3) is 0.389. The molecule has 0 saturated carbocycles. The van der Waals surface area contributed by atoms with Gasteiger partial charge in [-0.3, -0.25) is 9.59 Å². The lowest BCUT2D eigenvalue weighted by molar-refractivity contribution is -0.116. The summed E-state index contributed by atoms with van der Waals surface area (Å²) in [6.07, 6.45) is 1.72. The number of carbonyl (C=O) groups excluding carboxylic acids is 2. The van der Waals surface area contributed by atoms with Crippen LogP contribution in [0.2, 0.25) is 0 Å². The van der Waals surface area contributed by atoms with E-state index in [1.54, 1.807) is 18.2 Å². The first kappa shape index (κ1) is 19.7. The van der Waals surface area contributed by atoms with Gasteiger partial charge >= 0.3 is 0 Å². The molecule has 1 atom stereocenters. The molecule has 0 N–H and O–H groups in total. The zero-order valence-electron chi connectivity index (χ0n) is 13.9. The SMILES string of the molecule is Cc1ccc(C(=O)N=C2C=C(C(C)C)C(=O)C(Br)(Br)C2(C)Br)cc1. The predicted octanol–water partition coefficient (Wildman–Crippen LogP) is 5.38. The average molecular weight is 520 g/mol. The maximum Gasteiger partial charge on any atom is 0.277 e. The molecule has 0 saturated heterocycles. The first-order valence-electron chi connectivity index (χ1n) is 7.51. The Balaban J connectivity index is 2.55. The fourth-order valence-electron chi connectivity index (χ4n) is 2.34. The van der Waals surface area contributed by atoms with E-state index < -0.39 is 7.56 Å². The van der Waals surface area contributed by atoms with Crippen LogP contribution in [0, 0.1) is 12.8 Å². The Morgan fingerprint density at radius 1 is 1.12 bits per heavy atom. The van der Waals surface area contributed by atoms with Crippen molar-refractivity contribution in [2.45, 2.75) is 35.3 Å². The zero-order chi connectivity index (χ0) is 18.3. The number of benzene rings is 1. The quantitative estimate of drug-likeness (QED) is 0.492. The van der Waals surface area contributed by atoms with Gasteiger partial charge in [0.05, 0.1) is 10.0 Å². The number of aliphatic imine (C=N–C) groups is 1. The van der Waals surface area contributed by atoms with Crippen molar-refractivity contribution in [3.63, 3.8) is 0 Å². The predicted molar refractivity (Wildman–Crippen MR) is 109 cm³/mol. The molecule has 1 aromatic carbocycles. The van der Waals surface area contributed by atoms with Crippen molar-refractivity contribution in [2.24, 2.45) is 10.9 Å². The van der Waals surface area contributed by atoms with Crippen LogP contribution in [0.5, 0.6) is 0 Å². The zero-order valence-corrected chi connectivity index (χ0v) is 18.6. The number of halogens is 3. The third kappa shape index (κ3) is 3.51. The summed E-state index contributed by atoms with van der Waals surface area (Å²) in [6, 6.07) is 7.26. The number of amides is 1. The number of hydrogen-bond acceptors (Lipinski definition) is 2. The number of Topliss-reactive ketones (excluding diaryl/α,β-unsaturated/α-hetero) is 1. The lowest BCUT2D eigenvalue weighted by Gasteiger charge is -2.40. The highest BCUT2D eigenvalue weighted by Crippen LogP contribution is 2.50. The van der Waals surface area contributed by atoms with Crippen molar-refractivity contribution in [2.75, 3.05) is 0 Å². The number of carbonyl (C=O) groups is 2. The van der Waals surface area contributed by atoms with E-state index in [1.165, 1.54) is 0 Å². The molecule has 128 valence electrons. The van der Waals surface area contributed by atoms with Gasteiger partial charge in [-0.25, -0.2) is 4.99 Å². The maximum absolute atomic E-state index is 12.7. The highest BCUT2D eigenvalue weighted by atomic mass is 79.9. The van der Waals surface area contributed by atoms with Crippen LogP contribution >= 0.6 is 47.8 Å². The fourth-order valence-corrected chi connectivity index (χ4v) is 3.59. The molecular weight excluding hydrogens is 502 g/mol. The molecule has 0 heterocycles. The van der Waals surface area contributed by atoms with Crippen LogP contribution in [0.4, 0.5) is 0 Å². The third-order valence-corrected chi connectivity index (χ3v) is 8.42. The maximum atomic E-state index is 12.7. The molecule has 0 radical (unpaired) electrons. The van der Waals surface area contributed by atoms with Crippen LogP contribution in [0.3, 0.4) is 0 Å². The Morgan fingerprint density at radius 2 is 1.67 bits per heavy atom. The summed E-state index contributed by atoms with van der Waals surface area (Å²) in [7, 11) is 0. The van der Waals surface area contributed by atoms with E-state index >= 15 is 0 Å². The van der Waals surface area contributed by atoms with Crippen molar-refractivity contribution in [3.8, 4) is 0 Å². The first-order valence-corrected chi connectivity index (χ1v) is 9.89. The number of ketones is 1. The lowest BCUT2D eigenvalue weighted by atomic mass is 9.83. The standard InChI is InChI=1S/C18H18Br3NO2/c1-10(2)13-9-14(17(4,19)18(20,21)15(13)23)22-16(24)12-7-5-11(3)6-8-12/h5-10H,1-4H3. The van der Waals surface area contributed by atoms with Gasteiger partial charge in [0, 0.05) is 11.1 Å². The molecule has 6 heteroatoms. The minimum Gasteiger partial charge on any atom is -0.292 e. The minimum absolute atomic E-state index is 0.0234. The van der Waals surface area contributed by atoms with Crippen LogP contribution in [-0.4, -0.2) is 25.0 Å². The van der Waals surface area contributed by atoms with E-state index in [0.29, 0.717) is 16.8 Å². The molecule has 0 bridgehead atoms. The summed E-state index contributed by atoms with van der Waals surface area (Å²) in [5.41, 5.74) is 2.72. The van der Waals surface area contributed by atoms with Gasteiger partial charge in [-0.05, 0) is 38.0 Å². The van der Waals surface area contributed by atoms with Crippen molar-refractivity contribution in [1.82, 2.24) is 0 Å². The summed E-state index contributed by atoms with van der Waals surface area (Å²) in [6.45, 7) is 7.65. The lowest BCUT2D eigenvalue weighted by Crippen LogP contribution is -2.53. The third-order valence-electron chi connectivity index (χ3n) is 4.05. The van der Waals surface area contributed by atoms with Crippen molar-refractivity contribution in [1.29, 1.82) is 0 Å². The molecule has 1 aromatic rings. The Bertz CT molecular complexity index is 744. The number of rotatable bonds is 2. The molecule has 1 aliphatic rings. The van der Waals surface area contributed by atoms with Crippen molar-refractivity contribution >= 4 is 65.2 Å². The molecule has 0 spiro atoms. The van der Waals surface area contributed by atoms with Gasteiger partial charge in [0.15, 0.2) is 9.02 Å². The van der Waals surface area contributed by atoms with E-state index in [4.69, 9.17) is 0 Å². The van der Waals surface area contributed by atoms with Crippen LogP contribution in [0.15, 0.2) is 40.9 Å². The molecule has 3 nitrogen and oxygen atoms in total. The summed E-state index contributed by atoms with van der Waals surface area (Å²) in [5, 5.41) is 0. The van der Waals surface area contributed by atoms with Gasteiger partial charge < -0.3 is 0 Å². The Hall–Kier alpha value is -0.590. The second-order valence-corrected chi connectivity index (χ2v) is 11.4. The molecule has 0 fully saturated rings. The van der Waals surface area contributed by atoms with Gasteiger partial charge in [-0.15, -0.1) is 0 Å². The molecule has 24 heavy (non-hydrogen) atoms. The molecular formula is C18H18Br3NO2. The van der Waals surface area contributed by atoms with E-state index in [1.807, 2.05) is 39.8 Å². The van der Waals surface area contributed by atoms with Crippen molar-refractivity contribution < 1.29 is 9.59 Å². The second-order valence-electron chi connectivity index (χ2n) is 6.33. The summed E-state index contributed by atoms with van der Waals surface area (Å²) < 4.78 is -1.93. The van der Waals surface area contributed by atoms with Gasteiger partial charge in [0.1, 0.15) is 0 Å². The monoisotopic (exact) mass is 517 g/mol. The second kappa shape index (κ2) is 6.96. The highest BCUT2D eigenvalue weighted by Gasteiger charge is 2.55.